The van der Waals surface area contributed by atoms with Crippen LogP contribution in [0, 0.1) is 5.92 Å². The fourth-order valence-electron chi connectivity index (χ4n) is 4.89. The number of fused-ring (bicyclic) bond motifs is 1. The number of likely N-dealkylation sites (tertiary alicyclic amines) is 1. The van der Waals surface area contributed by atoms with Gasteiger partial charge in [-0.3, -0.25) is 4.98 Å². The monoisotopic (exact) mass is 444 g/mol. The van der Waals surface area contributed by atoms with Crippen molar-refractivity contribution in [3.63, 3.8) is 0 Å². The highest BCUT2D eigenvalue weighted by Crippen LogP contribution is 2.43. The summed E-state index contributed by atoms with van der Waals surface area (Å²) in [6.07, 6.45) is 5.95. The second-order valence-corrected chi connectivity index (χ2v) is 11.9. The molecular weight excluding hydrogens is 412 g/mol. The van der Waals surface area contributed by atoms with Crippen LogP contribution in [0.4, 0.5) is 0 Å². The minimum absolute atomic E-state index is 0.246. The Hall–Kier alpha value is -1.96. The molecule has 0 saturated carbocycles. The molecule has 2 aliphatic heterocycles. The number of aromatic nitrogens is 1. The minimum Gasteiger partial charge on any atom is -0.485 e. The number of nitrogens with zero attached hydrogens (tertiary/aromatic N) is 2. The third kappa shape index (κ3) is 4.94. The van der Waals surface area contributed by atoms with Crippen LogP contribution in [0.25, 0.3) is 11.3 Å². The number of benzene rings is 1. The quantitative estimate of drug-likeness (QED) is 0.762. The largest absolute Gasteiger partial charge is 0.485 e. The van der Waals surface area contributed by atoms with Crippen LogP contribution in [-0.2, 0) is 16.3 Å². The summed E-state index contributed by atoms with van der Waals surface area (Å²) in [5.41, 5.74) is 1.95. The Morgan fingerprint density at radius 2 is 1.87 bits per heavy atom. The number of piperidine rings is 1. The molecule has 2 aromatic rings. The van der Waals surface area contributed by atoms with Crippen LogP contribution in [0.5, 0.6) is 5.75 Å². The van der Waals surface area contributed by atoms with Gasteiger partial charge in [0.15, 0.2) is 9.84 Å². The van der Waals surface area contributed by atoms with Gasteiger partial charge in [-0.05, 0) is 64.9 Å². The Bertz CT molecular complexity index is 1050. The topological polar surface area (TPSA) is 79.7 Å². The van der Waals surface area contributed by atoms with Crippen LogP contribution < -0.4 is 4.74 Å². The third-order valence-electron chi connectivity index (χ3n) is 6.47. The molecule has 0 aliphatic carbocycles. The number of hydrogen-bond acceptors (Lipinski definition) is 6. The number of β-amino-alcohol motifs (C(OH)–C–C–N with tert-alkyl or cyclic N) is 1. The van der Waals surface area contributed by atoms with Gasteiger partial charge in [0.2, 0.25) is 0 Å². The second kappa shape index (κ2) is 7.87. The van der Waals surface area contributed by atoms with Crippen molar-refractivity contribution in [2.45, 2.75) is 56.1 Å². The smallest absolute Gasteiger partial charge is 0.175 e. The summed E-state index contributed by atoms with van der Waals surface area (Å²) in [6, 6.07) is 8.93. The highest BCUT2D eigenvalue weighted by molar-refractivity contribution is 7.90. The zero-order valence-corrected chi connectivity index (χ0v) is 19.6. The number of rotatable bonds is 5. The normalized spacial score (nSPS) is 22.9. The van der Waals surface area contributed by atoms with E-state index in [9.17, 15) is 13.5 Å². The zero-order chi connectivity index (χ0) is 22.4. The van der Waals surface area contributed by atoms with Gasteiger partial charge in [-0.2, -0.15) is 0 Å². The Balaban J connectivity index is 1.46. The maximum atomic E-state index is 11.7. The van der Waals surface area contributed by atoms with Crippen molar-refractivity contribution < 1.29 is 18.3 Å². The van der Waals surface area contributed by atoms with E-state index in [1.165, 1.54) is 6.26 Å². The highest BCUT2D eigenvalue weighted by Gasteiger charge is 2.43. The average Bonchev–Trinajstić information content (AvgIpc) is 3.03. The predicted molar refractivity (Wildman–Crippen MR) is 121 cm³/mol. The fourth-order valence-corrected chi connectivity index (χ4v) is 5.52. The number of ether oxygens (including phenoxy) is 1. The van der Waals surface area contributed by atoms with E-state index in [2.05, 4.69) is 22.9 Å². The van der Waals surface area contributed by atoms with Gasteiger partial charge in [0, 0.05) is 36.3 Å². The van der Waals surface area contributed by atoms with E-state index in [4.69, 9.17) is 4.74 Å². The van der Waals surface area contributed by atoms with Crippen molar-refractivity contribution in [3.8, 4) is 17.0 Å². The lowest BCUT2D eigenvalue weighted by Gasteiger charge is -2.41. The molecule has 1 fully saturated rings. The number of aliphatic hydroxyl groups is 1. The standard InChI is InChI=1S/C24H32N2O4S/c1-23(2,27)16-26-11-9-19(10-12-26)24(3)14-18-13-21(25-15-22(18)30-24)17-5-7-20(8-6-17)31(4,28)29/h5-8,13,15,19,27H,9-12,14,16H2,1-4H3/t24-/m1/s1. The fraction of sp³-hybridized carbons (Fsp3) is 0.542. The molecule has 0 amide bonds. The molecule has 0 bridgehead atoms. The molecule has 4 rings (SSSR count). The Morgan fingerprint density at radius 1 is 1.23 bits per heavy atom. The molecule has 6 nitrogen and oxygen atoms in total. The first-order chi connectivity index (χ1) is 14.4. The molecule has 168 valence electrons. The van der Waals surface area contributed by atoms with Crippen molar-refractivity contribution in [3.05, 3.63) is 42.1 Å². The molecule has 1 aromatic carbocycles. The lowest BCUT2D eigenvalue weighted by Crippen LogP contribution is -2.49. The van der Waals surface area contributed by atoms with Gasteiger partial charge in [0.25, 0.3) is 0 Å². The summed E-state index contributed by atoms with van der Waals surface area (Å²) in [5.74, 6) is 1.30. The molecular formula is C24H32N2O4S. The first kappa shape index (κ1) is 22.2. The Kier molecular flexibility index (Phi) is 5.65. The van der Waals surface area contributed by atoms with Crippen molar-refractivity contribution in [1.29, 1.82) is 0 Å². The molecule has 31 heavy (non-hydrogen) atoms. The van der Waals surface area contributed by atoms with Crippen molar-refractivity contribution in [1.82, 2.24) is 9.88 Å². The minimum atomic E-state index is -3.21. The molecule has 2 aliphatic rings. The van der Waals surface area contributed by atoms with E-state index >= 15 is 0 Å². The van der Waals surface area contributed by atoms with Gasteiger partial charge in [-0.15, -0.1) is 0 Å². The van der Waals surface area contributed by atoms with Crippen LogP contribution >= 0.6 is 0 Å². The van der Waals surface area contributed by atoms with E-state index in [0.29, 0.717) is 17.4 Å². The van der Waals surface area contributed by atoms with Crippen LogP contribution in [0.15, 0.2) is 41.4 Å². The summed E-state index contributed by atoms with van der Waals surface area (Å²) >= 11 is 0. The molecule has 0 spiro atoms. The molecule has 1 aromatic heterocycles. The molecule has 0 unspecified atom stereocenters. The summed E-state index contributed by atoms with van der Waals surface area (Å²) in [5, 5.41) is 10.1. The molecule has 7 heteroatoms. The predicted octanol–water partition coefficient (Wildman–Crippen LogP) is 3.33. The lowest BCUT2D eigenvalue weighted by molar-refractivity contribution is -0.0130. The van der Waals surface area contributed by atoms with Gasteiger partial charge >= 0.3 is 0 Å². The van der Waals surface area contributed by atoms with E-state index in [0.717, 1.165) is 54.9 Å². The highest BCUT2D eigenvalue weighted by atomic mass is 32.2. The molecule has 0 radical (unpaired) electrons. The SMILES string of the molecule is CC(C)(O)CN1CCC([C@@]2(C)Cc3cc(-c4ccc(S(C)(=O)=O)cc4)ncc3O2)CC1. The van der Waals surface area contributed by atoms with E-state index in [1.54, 1.807) is 30.5 Å². The van der Waals surface area contributed by atoms with Gasteiger partial charge < -0.3 is 14.7 Å². The van der Waals surface area contributed by atoms with Crippen LogP contribution in [-0.4, -0.2) is 60.5 Å². The second-order valence-electron chi connectivity index (χ2n) is 9.93. The lowest BCUT2D eigenvalue weighted by atomic mass is 9.79. The number of hydrogen-bond donors (Lipinski definition) is 1. The van der Waals surface area contributed by atoms with Gasteiger partial charge in [-0.25, -0.2) is 8.42 Å². The van der Waals surface area contributed by atoms with Crippen LogP contribution in [0.3, 0.4) is 0 Å². The summed E-state index contributed by atoms with van der Waals surface area (Å²) in [7, 11) is -3.21. The van der Waals surface area contributed by atoms with Gasteiger partial charge in [0.1, 0.15) is 11.4 Å². The maximum absolute atomic E-state index is 11.7. The van der Waals surface area contributed by atoms with Crippen LogP contribution in [0.1, 0.15) is 39.2 Å². The Labute approximate surface area is 185 Å². The molecule has 1 saturated heterocycles. The van der Waals surface area contributed by atoms with E-state index < -0.39 is 15.4 Å². The number of sulfone groups is 1. The summed E-state index contributed by atoms with van der Waals surface area (Å²) in [4.78, 5) is 7.21. The van der Waals surface area contributed by atoms with Crippen molar-refractivity contribution in [2.24, 2.45) is 5.92 Å². The zero-order valence-electron chi connectivity index (χ0n) is 18.8. The average molecular weight is 445 g/mol. The third-order valence-corrected chi connectivity index (χ3v) is 7.60. The van der Waals surface area contributed by atoms with Crippen LogP contribution in [0.2, 0.25) is 0 Å². The van der Waals surface area contributed by atoms with Gasteiger partial charge in [-0.1, -0.05) is 12.1 Å². The first-order valence-corrected chi connectivity index (χ1v) is 12.8. The summed E-state index contributed by atoms with van der Waals surface area (Å²) < 4.78 is 29.8. The maximum Gasteiger partial charge on any atom is 0.175 e. The molecule has 1 N–H and O–H groups in total. The van der Waals surface area contributed by atoms with Gasteiger partial charge in [0.05, 0.1) is 22.4 Å². The van der Waals surface area contributed by atoms with Crippen molar-refractivity contribution >= 4 is 9.84 Å². The molecule has 1 atom stereocenters. The van der Waals surface area contributed by atoms with Crippen molar-refractivity contribution in [2.75, 3.05) is 25.9 Å². The first-order valence-electron chi connectivity index (χ1n) is 10.9. The Morgan fingerprint density at radius 3 is 2.45 bits per heavy atom. The van der Waals surface area contributed by atoms with E-state index in [1.807, 2.05) is 13.8 Å². The summed E-state index contributed by atoms with van der Waals surface area (Å²) in [6.45, 7) is 8.56. The van der Waals surface area contributed by atoms with E-state index in [-0.39, 0.29) is 5.60 Å². The molecule has 3 heterocycles. The number of pyridine rings is 1.